The van der Waals surface area contributed by atoms with E-state index in [2.05, 4.69) is 28.1 Å². The van der Waals surface area contributed by atoms with Crippen LogP contribution in [-0.4, -0.2) is 54.2 Å². The molecule has 1 saturated carbocycles. The van der Waals surface area contributed by atoms with Gasteiger partial charge in [-0.1, -0.05) is 55.0 Å². The number of carbonyl (C=O) groups excluding carboxylic acids is 3. The van der Waals surface area contributed by atoms with E-state index in [-0.39, 0.29) is 25.0 Å². The predicted octanol–water partition coefficient (Wildman–Crippen LogP) is 2.01. The van der Waals surface area contributed by atoms with Crippen LogP contribution >= 0.6 is 0 Å². The first-order valence-corrected chi connectivity index (χ1v) is 11.9. The van der Waals surface area contributed by atoms with Crippen LogP contribution in [0.5, 0.6) is 0 Å². The molecule has 0 bridgehead atoms. The fraction of sp³-hybridized carbons (Fsp3) is 0.385. The second kappa shape index (κ2) is 9.40. The van der Waals surface area contributed by atoms with Crippen molar-refractivity contribution in [1.82, 2.24) is 16.0 Å². The highest BCUT2D eigenvalue weighted by atomic mass is 16.5. The molecule has 1 aliphatic heterocycles. The summed E-state index contributed by atoms with van der Waals surface area (Å²) in [5, 5.41) is 17.0. The highest BCUT2D eigenvalue weighted by molar-refractivity contribution is 5.96. The van der Waals surface area contributed by atoms with E-state index in [0.717, 1.165) is 41.5 Å². The lowest BCUT2D eigenvalue weighted by molar-refractivity contribution is -0.143. The van der Waals surface area contributed by atoms with E-state index in [1.54, 1.807) is 0 Å². The zero-order chi connectivity index (χ0) is 24.5. The van der Waals surface area contributed by atoms with E-state index < -0.39 is 41.9 Å². The molecule has 1 saturated heterocycles. The number of aliphatic carboxylic acids is 1. The van der Waals surface area contributed by atoms with E-state index in [0.29, 0.717) is 0 Å². The highest BCUT2D eigenvalue weighted by Crippen LogP contribution is 2.44. The molecule has 35 heavy (non-hydrogen) atoms. The lowest BCUT2D eigenvalue weighted by atomic mass is 9.79. The maximum absolute atomic E-state index is 13.0. The summed E-state index contributed by atoms with van der Waals surface area (Å²) in [7, 11) is 0. The lowest BCUT2D eigenvalue weighted by Gasteiger charge is -2.33. The van der Waals surface area contributed by atoms with Crippen LogP contribution in [0, 0.1) is 11.8 Å². The average molecular weight is 478 g/mol. The summed E-state index contributed by atoms with van der Waals surface area (Å²) in [6.07, 6.45) is 1.72. The fourth-order valence-corrected chi connectivity index (χ4v) is 5.20. The van der Waals surface area contributed by atoms with Crippen molar-refractivity contribution in [3.63, 3.8) is 0 Å². The van der Waals surface area contributed by atoms with Crippen molar-refractivity contribution in [2.24, 2.45) is 11.8 Å². The second-order valence-corrected chi connectivity index (χ2v) is 9.31. The number of ether oxygens (including phenoxy) is 1. The number of carboxylic acid groups (broad SMARTS) is 1. The summed E-state index contributed by atoms with van der Waals surface area (Å²) in [6.45, 7) is 0.0675. The van der Waals surface area contributed by atoms with Gasteiger partial charge in [-0.3, -0.25) is 14.4 Å². The SMILES string of the molecule is O=C(NC(C(=O)NC1C(=O)NCC1C(=O)O)C1CCC1)OCC1c2ccccc2-c2ccccc21. The number of hydrogen-bond acceptors (Lipinski definition) is 5. The Kier molecular flexibility index (Phi) is 6.15. The normalized spacial score (nSPS) is 21.8. The molecule has 0 spiro atoms. The molecule has 0 aromatic heterocycles. The van der Waals surface area contributed by atoms with E-state index in [9.17, 15) is 24.3 Å². The minimum Gasteiger partial charge on any atom is -0.481 e. The predicted molar refractivity (Wildman–Crippen MR) is 125 cm³/mol. The third-order valence-electron chi connectivity index (χ3n) is 7.32. The van der Waals surface area contributed by atoms with Gasteiger partial charge in [0.2, 0.25) is 11.8 Å². The quantitative estimate of drug-likeness (QED) is 0.482. The molecule has 2 aliphatic carbocycles. The molecule has 2 fully saturated rings. The molecule has 4 N–H and O–H groups in total. The second-order valence-electron chi connectivity index (χ2n) is 9.31. The Balaban J connectivity index is 1.25. The summed E-state index contributed by atoms with van der Waals surface area (Å²) >= 11 is 0. The summed E-state index contributed by atoms with van der Waals surface area (Å²) in [6, 6.07) is 13.9. The highest BCUT2D eigenvalue weighted by Gasteiger charge is 2.43. The molecular weight excluding hydrogens is 450 g/mol. The molecular formula is C26H27N3O6. The molecule has 9 nitrogen and oxygen atoms in total. The van der Waals surface area contributed by atoms with Crippen LogP contribution in [-0.2, 0) is 19.1 Å². The third-order valence-corrected chi connectivity index (χ3v) is 7.32. The fourth-order valence-electron chi connectivity index (χ4n) is 5.20. The Labute approximate surface area is 202 Å². The molecule has 3 amide bonds. The van der Waals surface area contributed by atoms with Crippen LogP contribution < -0.4 is 16.0 Å². The molecule has 2 aromatic rings. The van der Waals surface area contributed by atoms with Gasteiger partial charge < -0.3 is 25.8 Å². The minimum atomic E-state index is -1.17. The van der Waals surface area contributed by atoms with Crippen LogP contribution in [0.15, 0.2) is 48.5 Å². The first kappa shape index (κ1) is 22.9. The first-order valence-electron chi connectivity index (χ1n) is 11.9. The van der Waals surface area contributed by atoms with Gasteiger partial charge in [0, 0.05) is 12.5 Å². The van der Waals surface area contributed by atoms with Gasteiger partial charge in [-0.25, -0.2) is 4.79 Å². The number of fused-ring (bicyclic) bond motifs is 3. The van der Waals surface area contributed by atoms with Crippen molar-refractivity contribution in [2.75, 3.05) is 13.2 Å². The van der Waals surface area contributed by atoms with Crippen LogP contribution in [0.2, 0.25) is 0 Å². The molecule has 3 atom stereocenters. The van der Waals surface area contributed by atoms with E-state index in [1.165, 1.54) is 0 Å². The van der Waals surface area contributed by atoms with Gasteiger partial charge in [-0.2, -0.15) is 0 Å². The van der Waals surface area contributed by atoms with Gasteiger partial charge in [-0.05, 0) is 41.0 Å². The Morgan fingerprint density at radius 3 is 2.23 bits per heavy atom. The van der Waals surface area contributed by atoms with Crippen molar-refractivity contribution in [2.45, 2.75) is 37.3 Å². The largest absolute Gasteiger partial charge is 0.481 e. The molecule has 2 aromatic carbocycles. The van der Waals surface area contributed by atoms with E-state index >= 15 is 0 Å². The molecule has 9 heteroatoms. The van der Waals surface area contributed by atoms with Crippen LogP contribution in [0.4, 0.5) is 4.79 Å². The Bertz CT molecular complexity index is 1130. The van der Waals surface area contributed by atoms with Crippen LogP contribution in [0.25, 0.3) is 11.1 Å². The number of carbonyl (C=O) groups is 4. The number of amides is 3. The number of rotatable bonds is 7. The summed E-state index contributed by atoms with van der Waals surface area (Å²) in [5.74, 6) is -3.54. The monoisotopic (exact) mass is 477 g/mol. The standard InChI is InChI=1S/C26H27N3O6/c30-23-22(19(12-27-23)25(32)33)28-24(31)21(14-6-5-7-14)29-26(34)35-13-20-17-10-3-1-8-15(17)16-9-2-4-11-18(16)20/h1-4,8-11,14,19-22H,5-7,12-13H2,(H,27,30)(H,28,31)(H,29,34)(H,32,33). The molecule has 3 aliphatic rings. The van der Waals surface area contributed by atoms with Crippen molar-refractivity contribution in [1.29, 1.82) is 0 Å². The summed E-state index contributed by atoms with van der Waals surface area (Å²) in [4.78, 5) is 49.3. The topological polar surface area (TPSA) is 134 Å². The average Bonchev–Trinajstić information content (AvgIpc) is 3.34. The van der Waals surface area contributed by atoms with Crippen molar-refractivity contribution < 1.29 is 29.0 Å². The molecule has 182 valence electrons. The zero-order valence-electron chi connectivity index (χ0n) is 19.0. The van der Waals surface area contributed by atoms with E-state index in [4.69, 9.17) is 4.74 Å². The van der Waals surface area contributed by atoms with Crippen molar-refractivity contribution in [3.05, 3.63) is 59.7 Å². The van der Waals surface area contributed by atoms with Gasteiger partial charge >= 0.3 is 12.1 Å². The number of alkyl carbamates (subject to hydrolysis) is 1. The summed E-state index contributed by atoms with van der Waals surface area (Å²) < 4.78 is 5.59. The van der Waals surface area contributed by atoms with Gasteiger partial charge in [0.25, 0.3) is 0 Å². The molecule has 1 heterocycles. The molecule has 0 radical (unpaired) electrons. The van der Waals surface area contributed by atoms with Crippen molar-refractivity contribution >= 4 is 23.9 Å². The Morgan fingerprint density at radius 1 is 1.03 bits per heavy atom. The lowest BCUT2D eigenvalue weighted by Crippen LogP contribution is -2.57. The van der Waals surface area contributed by atoms with Crippen LogP contribution in [0.1, 0.15) is 36.3 Å². The van der Waals surface area contributed by atoms with Gasteiger partial charge in [0.1, 0.15) is 24.6 Å². The maximum atomic E-state index is 13.0. The van der Waals surface area contributed by atoms with Gasteiger partial charge in [0.15, 0.2) is 0 Å². The van der Waals surface area contributed by atoms with Crippen LogP contribution in [0.3, 0.4) is 0 Å². The minimum absolute atomic E-state index is 0.0486. The van der Waals surface area contributed by atoms with E-state index in [1.807, 2.05) is 36.4 Å². The number of benzene rings is 2. The smallest absolute Gasteiger partial charge is 0.407 e. The first-order chi connectivity index (χ1) is 16.9. The zero-order valence-corrected chi connectivity index (χ0v) is 19.0. The molecule has 5 rings (SSSR count). The Hall–Kier alpha value is -3.88. The summed E-state index contributed by atoms with van der Waals surface area (Å²) in [5.41, 5.74) is 4.40. The van der Waals surface area contributed by atoms with Crippen molar-refractivity contribution in [3.8, 4) is 11.1 Å². The maximum Gasteiger partial charge on any atom is 0.407 e. The number of carboxylic acids is 1. The third kappa shape index (κ3) is 4.34. The Morgan fingerprint density at radius 2 is 1.66 bits per heavy atom. The number of hydrogen-bond donors (Lipinski definition) is 4. The number of nitrogens with one attached hydrogen (secondary N) is 3. The molecule has 3 unspecified atom stereocenters. The van der Waals surface area contributed by atoms with Gasteiger partial charge in [0.05, 0.1) is 0 Å². The van der Waals surface area contributed by atoms with Gasteiger partial charge in [-0.15, -0.1) is 0 Å².